The summed E-state index contributed by atoms with van der Waals surface area (Å²) in [5.41, 5.74) is 41.9. The van der Waals surface area contributed by atoms with Gasteiger partial charge in [0.05, 0.1) is 11.1 Å². The Morgan fingerprint density at radius 1 is 0.287 bits per heavy atom. The third-order valence-electron chi connectivity index (χ3n) is 33.2. The maximum absolute atomic E-state index is 4.76. The number of nitrogens with zero attached hydrogens (tertiary/aromatic N) is 5. The van der Waals surface area contributed by atoms with Crippen LogP contribution < -0.4 is 8.97 Å². The summed E-state index contributed by atoms with van der Waals surface area (Å²) in [5.74, 6) is 17.0. The molecule has 3 aromatic heterocycles. The SMILES string of the molecule is BrCCCCn1c2ccc(Br)cc2c2cc(Br)ccc21.CC(C)[Si](C#CC[N+]1(CC#C[Si](C(C)C)(C(C)C)C(C)C)c2c[c-]ccc2-c2ccc(Br)cc21)(C(C)C)C(C)C.CC(C)[Si](C#CC[N+]1(CC#C[Si](C(C)C)(C(C)C)C(C)C)c2ccc(Br)cc2-c2cc(Br)ccc21)(C(C)C)C(C)C.CCCCC(CC)Cn1c2cc[c-]cc2c2cc(Br)ccc21.CCCCC(CC)Cn1c2ccc(Br)cc2c2cc(Br)ccc21.[Cl][Zn+].[Cl][Zn+]. The number of hydrogen-bond acceptors (Lipinski definition) is 0. The predicted molar refractivity (Wildman–Crippen MR) is 700 cm³/mol. The molecule has 0 radical (unpaired) electrons. The van der Waals surface area contributed by atoms with Crippen molar-refractivity contribution < 1.29 is 34.6 Å². The fourth-order valence-electron chi connectivity index (χ4n) is 25.8. The molecule has 2 aliphatic heterocycles. The molecule has 0 amide bonds. The van der Waals surface area contributed by atoms with Gasteiger partial charge < -0.3 is 13.7 Å². The second kappa shape index (κ2) is 59.9. The molecule has 13 aromatic rings. The van der Waals surface area contributed by atoms with Gasteiger partial charge in [-0.2, -0.15) is 36.4 Å². The van der Waals surface area contributed by atoms with Crippen LogP contribution in [0.5, 0.6) is 0 Å². The van der Waals surface area contributed by atoms with Crippen LogP contribution in [0.3, 0.4) is 0 Å². The van der Waals surface area contributed by atoms with Gasteiger partial charge in [0, 0.05) is 139 Å². The molecule has 22 heteroatoms. The van der Waals surface area contributed by atoms with Gasteiger partial charge in [0.2, 0.25) is 0 Å². The van der Waals surface area contributed by atoms with Crippen LogP contribution in [0.1, 0.15) is 258 Å². The van der Waals surface area contributed by atoms with Crippen LogP contribution in [0, 0.1) is 69.8 Å². The summed E-state index contributed by atoms with van der Waals surface area (Å²) in [6, 6.07) is 72.8. The Morgan fingerprint density at radius 2 is 0.553 bits per heavy atom. The van der Waals surface area contributed by atoms with Crippen LogP contribution >= 0.6 is 163 Å². The van der Waals surface area contributed by atoms with Gasteiger partial charge in [0.1, 0.15) is 75.5 Å². The number of rotatable bonds is 32. The molecule has 0 saturated heterocycles. The summed E-state index contributed by atoms with van der Waals surface area (Å²) in [7, 11) is 2.12. The fourth-order valence-corrected chi connectivity index (χ4v) is 50.1. The van der Waals surface area contributed by atoms with E-state index in [2.05, 4.69) is 579 Å². The van der Waals surface area contributed by atoms with Crippen molar-refractivity contribution in [3.05, 3.63) is 230 Å². The van der Waals surface area contributed by atoms with Crippen LogP contribution in [0.15, 0.2) is 218 Å². The standard InChI is InChI=1S/C36H52Br2NSi2.C36H52BrNSi2.C20H23Br2N.C20H23BrN.C16H14Br3N.2ClH.2Zn/c1-25(2)40(26(3)4,27(5)6)21-13-19-39(20-14-22-41(28(7)8,29(9)10)30(11)12)35-17-15-31(37)23-33(35)34-24-32(38)16-18-36(34)39;1-26(2)39(27(3)4,28(5)6)23-15-21-38(22-16-24-40(29(7)8,30(9)10)31(11)12)35-18-14-13-17-33(35)34-20-19-32(37)25-36(34)38;1-3-5-6-14(4-2)13-23-19-9-7-15(21)11-17(19)18-12-16(22)8-10-20(18)23;1-3-5-8-15(4-2)14-22-19-10-7-6-9-17(19)18-13-16(21)11-12-20(18)22;17-7-1-2-8-20-15-5-3-11(18)9-13(15)14-10-12(19)4-6-16(14)20;;;;/h15-18,23-30H,19-20H2,1-12H3;13,17-20,25-31H,21-22H2,1-12H3;7-12,14H,3-6,13H2,1-2H3;7,9-13,15H,3-5,8,14H2,1-2H3;3-6,9-10H,1-2,7-8H2;2*1H;;/q+1;;;-1;;;;2*+2/p-2. The molecule has 0 saturated carbocycles. The molecule has 0 bridgehead atoms. The van der Waals surface area contributed by atoms with Crippen molar-refractivity contribution in [2.75, 3.05) is 31.5 Å². The fraction of sp³-hybridized carbons (Fsp3) is 0.469. The Kier molecular flexibility index (Phi) is 52.0. The topological polar surface area (TPSA) is 14.8 Å². The van der Waals surface area contributed by atoms with E-state index in [-0.39, 0.29) is 0 Å². The predicted octanol–water partition coefficient (Wildman–Crippen LogP) is 45.6. The zero-order chi connectivity index (χ0) is 111. The van der Waals surface area contributed by atoms with E-state index in [1.807, 2.05) is 12.1 Å². The van der Waals surface area contributed by atoms with Crippen molar-refractivity contribution >= 4 is 283 Å². The van der Waals surface area contributed by atoms with Crippen LogP contribution in [-0.2, 0) is 54.3 Å². The van der Waals surface area contributed by atoms with E-state index >= 15 is 0 Å². The molecule has 150 heavy (non-hydrogen) atoms. The number of aromatic nitrogens is 3. The van der Waals surface area contributed by atoms with Crippen molar-refractivity contribution in [2.45, 2.75) is 344 Å². The normalized spacial score (nSPS) is 13.4. The number of unbranched alkanes of at least 4 members (excludes halogenated alkanes) is 3. The summed E-state index contributed by atoms with van der Waals surface area (Å²) in [6.07, 6.45) is 12.7. The number of hydrogen-bond donors (Lipinski definition) is 0. The number of benzene rings is 10. The number of halogens is 11. The zero-order valence-corrected chi connectivity index (χ0v) is 121. The van der Waals surface area contributed by atoms with E-state index < -0.39 is 32.3 Å². The summed E-state index contributed by atoms with van der Waals surface area (Å²) in [6.45, 7) is 73.1. The molecule has 0 spiro atoms. The van der Waals surface area contributed by atoms with E-state index in [0.29, 0.717) is 75.5 Å². The molecule has 15 rings (SSSR count). The van der Waals surface area contributed by atoms with E-state index in [1.54, 1.807) is 0 Å². The molecule has 5 nitrogen and oxygen atoms in total. The molecule has 796 valence electrons. The number of aryl methyl sites for hydroxylation is 1. The number of alkyl halides is 1. The first-order valence-electron chi connectivity index (χ1n) is 54.9. The molecule has 10 aromatic carbocycles. The van der Waals surface area contributed by atoms with E-state index in [0.717, 1.165) is 133 Å². The van der Waals surface area contributed by atoms with Gasteiger partial charge in [-0.25, -0.2) is 4.48 Å². The Labute approximate surface area is 1010 Å². The quantitative estimate of drug-likeness (QED) is 0.00997. The van der Waals surface area contributed by atoms with Gasteiger partial charge >= 0.3 is 54.0 Å². The van der Waals surface area contributed by atoms with Crippen LogP contribution in [0.25, 0.3) is 87.7 Å². The van der Waals surface area contributed by atoms with E-state index in [4.69, 9.17) is 19.4 Å². The summed E-state index contributed by atoms with van der Waals surface area (Å²) < 4.78 is 17.8. The van der Waals surface area contributed by atoms with Crippen LogP contribution in [-0.4, -0.2) is 77.5 Å². The average molecular weight is 2810 g/mol. The van der Waals surface area contributed by atoms with Gasteiger partial charge in [-0.1, -0.05) is 405 Å². The van der Waals surface area contributed by atoms with Crippen LogP contribution in [0.2, 0.25) is 66.5 Å². The molecule has 2 aliphatic rings. The first-order chi connectivity index (χ1) is 71.3. The molecule has 2 unspecified atom stereocenters. The Morgan fingerprint density at radius 3 is 0.867 bits per heavy atom. The van der Waals surface area contributed by atoms with Crippen molar-refractivity contribution in [2.24, 2.45) is 11.8 Å². The minimum atomic E-state index is -1.85. The van der Waals surface area contributed by atoms with E-state index in [9.17, 15) is 0 Å². The summed E-state index contributed by atoms with van der Waals surface area (Å²) >= 11 is 34.5. The molecular formula is C128H164Br9Cl2N5Si4Zn2+2. The minimum absolute atomic E-state index is 0.614. The third kappa shape index (κ3) is 29.3. The first kappa shape index (κ1) is 130. The molecule has 0 fully saturated rings. The molecule has 5 heterocycles. The van der Waals surface area contributed by atoms with Gasteiger partial charge in [-0.05, 0) is 243 Å². The van der Waals surface area contributed by atoms with E-state index in [1.165, 1.54) is 175 Å². The summed E-state index contributed by atoms with van der Waals surface area (Å²) in [5, 5.41) is 9.00. The van der Waals surface area contributed by atoms with Crippen molar-refractivity contribution in [1.82, 2.24) is 22.7 Å². The monoisotopic (exact) mass is 2790 g/mol. The van der Waals surface area contributed by atoms with Gasteiger partial charge in [0.25, 0.3) is 0 Å². The third-order valence-corrected chi connectivity index (χ3v) is 63.1. The Balaban J connectivity index is 0.000000212. The second-order valence-corrected chi connectivity index (χ2v) is 75.6. The first-order valence-corrected chi connectivity index (χ1v) is 79.1. The Bertz CT molecular complexity index is 6580. The second-order valence-electron chi connectivity index (χ2n) is 45.1. The zero-order valence-electron chi connectivity index (χ0n) is 94.9. The van der Waals surface area contributed by atoms with Crippen molar-refractivity contribution in [3.8, 4) is 68.1 Å². The summed E-state index contributed by atoms with van der Waals surface area (Å²) in [4.78, 5) is 0. The average Bonchev–Trinajstić information content (AvgIpc) is 1.56. The van der Waals surface area contributed by atoms with Gasteiger partial charge in [0.15, 0.2) is 0 Å². The van der Waals surface area contributed by atoms with Gasteiger partial charge in [-0.15, -0.1) is 39.7 Å². The number of quaternary nitrogens is 2. The van der Waals surface area contributed by atoms with Crippen molar-refractivity contribution in [1.29, 1.82) is 0 Å². The van der Waals surface area contributed by atoms with Gasteiger partial charge in [-0.3, -0.25) is 4.48 Å². The Hall–Kier alpha value is -3.23. The number of fused-ring (bicyclic) bond motifs is 15. The van der Waals surface area contributed by atoms with Crippen LogP contribution in [0.4, 0.5) is 22.7 Å². The molecule has 0 aliphatic carbocycles. The van der Waals surface area contributed by atoms with Crippen molar-refractivity contribution in [3.63, 3.8) is 0 Å². The molecule has 0 N–H and O–H groups in total. The maximum atomic E-state index is 4.76. The molecule has 2 atom stereocenters. The molecular weight excluding hydrogens is 2640 g/mol.